The number of aromatic nitrogens is 3. The quantitative estimate of drug-likeness (QED) is 0.867. The van der Waals surface area contributed by atoms with Crippen molar-refractivity contribution in [3.8, 4) is 0 Å². The third kappa shape index (κ3) is 4.34. The van der Waals surface area contributed by atoms with Gasteiger partial charge in [-0.25, -0.2) is 4.98 Å². The SMILES string of the molecule is Cc1cnc(CN(CCN)Cc2cnc(C)s2)cn1. The number of rotatable bonds is 6. The fourth-order valence-corrected chi connectivity index (χ4v) is 2.66. The van der Waals surface area contributed by atoms with Gasteiger partial charge in [0.2, 0.25) is 0 Å². The van der Waals surface area contributed by atoms with Gasteiger partial charge in [0, 0.05) is 49.6 Å². The molecule has 2 aromatic heterocycles. The number of hydrogen-bond acceptors (Lipinski definition) is 6. The van der Waals surface area contributed by atoms with Crippen LogP contribution in [-0.4, -0.2) is 32.9 Å². The lowest BCUT2D eigenvalue weighted by molar-refractivity contribution is 0.263. The molecule has 0 fully saturated rings. The van der Waals surface area contributed by atoms with E-state index in [0.717, 1.165) is 36.0 Å². The van der Waals surface area contributed by atoms with E-state index in [1.807, 2.05) is 26.2 Å². The van der Waals surface area contributed by atoms with Crippen molar-refractivity contribution in [3.05, 3.63) is 39.9 Å². The van der Waals surface area contributed by atoms with Gasteiger partial charge in [-0.05, 0) is 13.8 Å². The van der Waals surface area contributed by atoms with Crippen molar-refractivity contribution in [1.82, 2.24) is 19.9 Å². The largest absolute Gasteiger partial charge is 0.329 e. The fourth-order valence-electron chi connectivity index (χ4n) is 1.83. The van der Waals surface area contributed by atoms with Gasteiger partial charge < -0.3 is 5.73 Å². The molecule has 2 rings (SSSR count). The van der Waals surface area contributed by atoms with E-state index in [-0.39, 0.29) is 0 Å². The standard InChI is InChI=1S/C13H19N5S/c1-10-5-17-12(6-15-10)8-18(4-3-14)9-13-7-16-11(2)19-13/h5-7H,3-4,8-9,14H2,1-2H3. The second-order valence-electron chi connectivity index (χ2n) is 4.49. The van der Waals surface area contributed by atoms with Crippen LogP contribution in [0.5, 0.6) is 0 Å². The molecule has 19 heavy (non-hydrogen) atoms. The topological polar surface area (TPSA) is 67.9 Å². The molecule has 0 unspecified atom stereocenters. The molecule has 2 N–H and O–H groups in total. The van der Waals surface area contributed by atoms with Crippen LogP contribution < -0.4 is 5.73 Å². The van der Waals surface area contributed by atoms with E-state index in [2.05, 4.69) is 19.9 Å². The van der Waals surface area contributed by atoms with Crippen LogP contribution in [0.2, 0.25) is 0 Å². The summed E-state index contributed by atoms with van der Waals surface area (Å²) in [4.78, 5) is 16.5. The summed E-state index contributed by atoms with van der Waals surface area (Å²) in [5.74, 6) is 0. The van der Waals surface area contributed by atoms with Gasteiger partial charge in [-0.15, -0.1) is 11.3 Å². The van der Waals surface area contributed by atoms with Crippen LogP contribution in [0.25, 0.3) is 0 Å². The predicted molar refractivity (Wildman–Crippen MR) is 76.8 cm³/mol. The second-order valence-corrected chi connectivity index (χ2v) is 5.81. The highest BCUT2D eigenvalue weighted by atomic mass is 32.1. The van der Waals surface area contributed by atoms with Crippen molar-refractivity contribution in [1.29, 1.82) is 0 Å². The summed E-state index contributed by atoms with van der Waals surface area (Å²) in [5.41, 5.74) is 7.59. The van der Waals surface area contributed by atoms with Gasteiger partial charge in [-0.2, -0.15) is 0 Å². The molecular weight excluding hydrogens is 258 g/mol. The summed E-state index contributed by atoms with van der Waals surface area (Å²) in [7, 11) is 0. The Hall–Kier alpha value is -1.37. The Bertz CT molecular complexity index is 508. The lowest BCUT2D eigenvalue weighted by atomic mass is 10.3. The lowest BCUT2D eigenvalue weighted by Gasteiger charge is -2.20. The molecule has 102 valence electrons. The van der Waals surface area contributed by atoms with E-state index in [1.165, 1.54) is 4.88 Å². The van der Waals surface area contributed by atoms with E-state index in [1.54, 1.807) is 17.5 Å². The van der Waals surface area contributed by atoms with Crippen molar-refractivity contribution in [2.45, 2.75) is 26.9 Å². The zero-order valence-corrected chi connectivity index (χ0v) is 12.2. The summed E-state index contributed by atoms with van der Waals surface area (Å²) in [5, 5.41) is 1.10. The van der Waals surface area contributed by atoms with Gasteiger partial charge in [-0.1, -0.05) is 0 Å². The zero-order chi connectivity index (χ0) is 13.7. The molecule has 0 radical (unpaired) electrons. The van der Waals surface area contributed by atoms with Gasteiger partial charge in [0.25, 0.3) is 0 Å². The van der Waals surface area contributed by atoms with E-state index in [9.17, 15) is 0 Å². The van der Waals surface area contributed by atoms with Crippen LogP contribution in [0, 0.1) is 13.8 Å². The molecule has 0 aliphatic carbocycles. The van der Waals surface area contributed by atoms with Crippen LogP contribution >= 0.6 is 11.3 Å². The number of hydrogen-bond donors (Lipinski definition) is 1. The molecule has 0 spiro atoms. The van der Waals surface area contributed by atoms with Crippen LogP contribution in [0.3, 0.4) is 0 Å². The number of nitrogens with two attached hydrogens (primary N) is 1. The third-order valence-electron chi connectivity index (χ3n) is 2.71. The first-order valence-corrected chi connectivity index (χ1v) is 7.10. The second kappa shape index (κ2) is 6.70. The maximum absolute atomic E-state index is 5.68. The summed E-state index contributed by atoms with van der Waals surface area (Å²) < 4.78 is 0. The average molecular weight is 277 g/mol. The van der Waals surface area contributed by atoms with E-state index < -0.39 is 0 Å². The van der Waals surface area contributed by atoms with Crippen LogP contribution in [0.1, 0.15) is 21.3 Å². The molecule has 0 saturated heterocycles. The smallest absolute Gasteiger partial charge is 0.0897 e. The average Bonchev–Trinajstić information content (AvgIpc) is 2.78. The van der Waals surface area contributed by atoms with E-state index in [0.29, 0.717) is 6.54 Å². The lowest BCUT2D eigenvalue weighted by Crippen LogP contribution is -2.28. The summed E-state index contributed by atoms with van der Waals surface area (Å²) >= 11 is 1.73. The molecule has 2 heterocycles. The molecule has 6 heteroatoms. The first-order chi connectivity index (χ1) is 9.17. The van der Waals surface area contributed by atoms with Gasteiger partial charge in [-0.3, -0.25) is 14.9 Å². The first kappa shape index (κ1) is 14.0. The molecule has 0 aliphatic rings. The number of thiazole rings is 1. The zero-order valence-electron chi connectivity index (χ0n) is 11.3. The van der Waals surface area contributed by atoms with Crippen molar-refractivity contribution in [2.75, 3.05) is 13.1 Å². The molecule has 2 aromatic rings. The molecule has 0 bridgehead atoms. The maximum Gasteiger partial charge on any atom is 0.0897 e. The normalized spacial score (nSPS) is 11.2. The predicted octanol–water partition coefficient (Wildman–Crippen LogP) is 1.51. The third-order valence-corrected chi connectivity index (χ3v) is 3.61. The Kier molecular flexibility index (Phi) is 4.95. The van der Waals surface area contributed by atoms with Crippen LogP contribution in [-0.2, 0) is 13.1 Å². The van der Waals surface area contributed by atoms with Gasteiger partial charge >= 0.3 is 0 Å². The highest BCUT2D eigenvalue weighted by molar-refractivity contribution is 7.11. The van der Waals surface area contributed by atoms with E-state index >= 15 is 0 Å². The Morgan fingerprint density at radius 1 is 1.11 bits per heavy atom. The highest BCUT2D eigenvalue weighted by Gasteiger charge is 2.09. The minimum Gasteiger partial charge on any atom is -0.329 e. The van der Waals surface area contributed by atoms with Crippen molar-refractivity contribution in [3.63, 3.8) is 0 Å². The van der Waals surface area contributed by atoms with Crippen molar-refractivity contribution in [2.24, 2.45) is 5.73 Å². The van der Waals surface area contributed by atoms with Gasteiger partial charge in [0.1, 0.15) is 0 Å². The minimum atomic E-state index is 0.636. The molecule has 0 aliphatic heterocycles. The summed E-state index contributed by atoms with van der Waals surface area (Å²) in [6, 6.07) is 0. The van der Waals surface area contributed by atoms with Crippen molar-refractivity contribution < 1.29 is 0 Å². The Morgan fingerprint density at radius 2 is 1.95 bits per heavy atom. The summed E-state index contributed by atoms with van der Waals surface area (Å²) in [6.07, 6.45) is 5.56. The first-order valence-electron chi connectivity index (χ1n) is 6.28. The Morgan fingerprint density at radius 3 is 2.53 bits per heavy atom. The fraction of sp³-hybridized carbons (Fsp3) is 0.462. The van der Waals surface area contributed by atoms with E-state index in [4.69, 9.17) is 5.73 Å². The summed E-state index contributed by atoms with van der Waals surface area (Å²) in [6.45, 7) is 7.06. The number of aryl methyl sites for hydroxylation is 2. The Labute approximate surface area is 117 Å². The molecule has 0 amide bonds. The molecule has 0 aromatic carbocycles. The molecular formula is C13H19N5S. The molecule has 0 atom stereocenters. The minimum absolute atomic E-state index is 0.636. The monoisotopic (exact) mass is 277 g/mol. The highest BCUT2D eigenvalue weighted by Crippen LogP contribution is 2.15. The van der Waals surface area contributed by atoms with Crippen LogP contribution in [0.15, 0.2) is 18.6 Å². The van der Waals surface area contributed by atoms with Gasteiger partial charge in [0.05, 0.1) is 16.4 Å². The molecule has 0 saturated carbocycles. The Balaban J connectivity index is 2.01. The maximum atomic E-state index is 5.68. The van der Waals surface area contributed by atoms with Gasteiger partial charge in [0.15, 0.2) is 0 Å². The van der Waals surface area contributed by atoms with Crippen LogP contribution in [0.4, 0.5) is 0 Å². The number of nitrogens with zero attached hydrogens (tertiary/aromatic N) is 4. The molecule has 5 nitrogen and oxygen atoms in total. The van der Waals surface area contributed by atoms with Crippen molar-refractivity contribution >= 4 is 11.3 Å².